The first-order valence-corrected chi connectivity index (χ1v) is 5.08. The molecule has 5 nitrogen and oxygen atoms in total. The average Bonchev–Trinajstić information content (AvgIpc) is 2.70. The van der Waals surface area contributed by atoms with Crippen LogP contribution in [0.2, 0.25) is 0 Å². The van der Waals surface area contributed by atoms with Crippen LogP contribution in [0.3, 0.4) is 0 Å². The molecule has 0 saturated carbocycles. The predicted molar refractivity (Wildman–Crippen MR) is 54.7 cm³/mol. The van der Waals surface area contributed by atoms with Crippen LogP contribution >= 0.6 is 0 Å². The number of aryl methyl sites for hydroxylation is 1. The first-order valence-electron chi connectivity index (χ1n) is 5.08. The maximum Gasteiger partial charge on any atom is 0.326 e. The Labute approximate surface area is 91.9 Å². The van der Waals surface area contributed by atoms with Gasteiger partial charge in [0.25, 0.3) is 0 Å². The van der Waals surface area contributed by atoms with E-state index in [2.05, 4.69) is 9.97 Å². The van der Waals surface area contributed by atoms with Crippen LogP contribution in [-0.4, -0.2) is 33.6 Å². The molecule has 1 atom stereocenters. The highest BCUT2D eigenvalue weighted by molar-refractivity contribution is 5.78. The summed E-state index contributed by atoms with van der Waals surface area (Å²) in [7, 11) is 0. The van der Waals surface area contributed by atoms with E-state index in [1.807, 2.05) is 0 Å². The molecule has 0 aromatic carbocycles. The van der Waals surface area contributed by atoms with Gasteiger partial charge < -0.3 is 10.0 Å². The Kier molecular flexibility index (Phi) is 2.72. The number of rotatable bonds is 2. The zero-order valence-corrected chi connectivity index (χ0v) is 8.85. The molecule has 0 bridgehead atoms. The Morgan fingerprint density at radius 1 is 1.62 bits per heavy atom. The van der Waals surface area contributed by atoms with Gasteiger partial charge in [-0.3, -0.25) is 0 Å². The number of carboxylic acids is 1. The van der Waals surface area contributed by atoms with Gasteiger partial charge in [0.15, 0.2) is 11.6 Å². The van der Waals surface area contributed by atoms with Crippen LogP contribution in [-0.2, 0) is 4.79 Å². The minimum Gasteiger partial charge on any atom is -0.480 e. The van der Waals surface area contributed by atoms with E-state index in [1.54, 1.807) is 0 Å². The highest BCUT2D eigenvalue weighted by Crippen LogP contribution is 2.26. The molecule has 1 aromatic rings. The van der Waals surface area contributed by atoms with Crippen LogP contribution in [0.4, 0.5) is 10.2 Å². The molecule has 6 heteroatoms. The van der Waals surface area contributed by atoms with Gasteiger partial charge >= 0.3 is 5.97 Å². The molecule has 1 fully saturated rings. The van der Waals surface area contributed by atoms with Gasteiger partial charge in [0, 0.05) is 6.54 Å². The lowest BCUT2D eigenvalue weighted by molar-refractivity contribution is -0.138. The molecule has 0 radical (unpaired) electrons. The van der Waals surface area contributed by atoms with Crippen molar-refractivity contribution in [1.29, 1.82) is 0 Å². The standard InChI is InChI=1S/C10H12FN3O2/c1-6-8(11)9(13-5-12-6)14-4-2-3-7(14)10(15)16/h5,7H,2-4H2,1H3,(H,15,16). The Balaban J connectivity index is 2.36. The maximum atomic E-state index is 13.7. The summed E-state index contributed by atoms with van der Waals surface area (Å²) in [5.74, 6) is -1.37. The van der Waals surface area contributed by atoms with E-state index in [-0.39, 0.29) is 11.5 Å². The van der Waals surface area contributed by atoms with Crippen molar-refractivity contribution in [3.8, 4) is 0 Å². The molecule has 2 heterocycles. The second-order valence-electron chi connectivity index (χ2n) is 3.79. The van der Waals surface area contributed by atoms with Crippen molar-refractivity contribution in [3.63, 3.8) is 0 Å². The number of hydrogen-bond donors (Lipinski definition) is 1. The molecule has 0 aliphatic carbocycles. The fraction of sp³-hybridized carbons (Fsp3) is 0.500. The van der Waals surface area contributed by atoms with Crippen LogP contribution in [0.5, 0.6) is 0 Å². The number of hydrogen-bond acceptors (Lipinski definition) is 4. The van der Waals surface area contributed by atoms with E-state index >= 15 is 0 Å². The summed E-state index contributed by atoms with van der Waals surface area (Å²) < 4.78 is 13.7. The number of halogens is 1. The molecule has 1 aliphatic heterocycles. The molecule has 1 aliphatic rings. The van der Waals surface area contributed by atoms with Gasteiger partial charge in [0.05, 0.1) is 5.69 Å². The number of aliphatic carboxylic acids is 1. The van der Waals surface area contributed by atoms with E-state index in [9.17, 15) is 9.18 Å². The normalized spacial score (nSPS) is 20.1. The molecule has 2 rings (SSSR count). The molecular formula is C10H12FN3O2. The van der Waals surface area contributed by atoms with Crippen molar-refractivity contribution >= 4 is 11.8 Å². The fourth-order valence-electron chi connectivity index (χ4n) is 1.92. The van der Waals surface area contributed by atoms with Gasteiger partial charge in [-0.2, -0.15) is 0 Å². The van der Waals surface area contributed by atoms with E-state index in [1.165, 1.54) is 18.2 Å². The minimum absolute atomic E-state index is 0.0948. The van der Waals surface area contributed by atoms with Gasteiger partial charge in [-0.15, -0.1) is 0 Å². The highest BCUT2D eigenvalue weighted by atomic mass is 19.1. The Morgan fingerprint density at radius 2 is 2.38 bits per heavy atom. The maximum absolute atomic E-state index is 13.7. The Morgan fingerprint density at radius 3 is 3.06 bits per heavy atom. The molecule has 1 unspecified atom stereocenters. The Bertz CT molecular complexity index is 425. The molecule has 1 aromatic heterocycles. The molecule has 16 heavy (non-hydrogen) atoms. The van der Waals surface area contributed by atoms with E-state index in [4.69, 9.17) is 5.11 Å². The second kappa shape index (κ2) is 4.03. The van der Waals surface area contributed by atoms with Crippen molar-refractivity contribution in [1.82, 2.24) is 9.97 Å². The third-order valence-electron chi connectivity index (χ3n) is 2.76. The summed E-state index contributed by atoms with van der Waals surface area (Å²) in [4.78, 5) is 20.0. The lowest BCUT2D eigenvalue weighted by Gasteiger charge is -2.22. The van der Waals surface area contributed by atoms with E-state index in [0.717, 1.165) is 6.42 Å². The predicted octanol–water partition coefficient (Wildman–Crippen LogP) is 0.978. The van der Waals surface area contributed by atoms with Crippen LogP contribution < -0.4 is 4.90 Å². The van der Waals surface area contributed by atoms with Gasteiger partial charge in [0.1, 0.15) is 12.4 Å². The minimum atomic E-state index is -0.937. The first-order chi connectivity index (χ1) is 7.61. The van der Waals surface area contributed by atoms with Crippen molar-refractivity contribution in [3.05, 3.63) is 17.8 Å². The topological polar surface area (TPSA) is 66.3 Å². The highest BCUT2D eigenvalue weighted by Gasteiger charge is 2.33. The van der Waals surface area contributed by atoms with E-state index in [0.29, 0.717) is 13.0 Å². The van der Waals surface area contributed by atoms with Crippen LogP contribution in [0.1, 0.15) is 18.5 Å². The smallest absolute Gasteiger partial charge is 0.326 e. The Hall–Kier alpha value is -1.72. The summed E-state index contributed by atoms with van der Waals surface area (Å²) in [6, 6.07) is -0.677. The summed E-state index contributed by atoms with van der Waals surface area (Å²) in [6.07, 6.45) is 2.52. The number of carbonyl (C=O) groups is 1. The zero-order valence-electron chi connectivity index (χ0n) is 8.85. The van der Waals surface area contributed by atoms with Crippen molar-refractivity contribution in [2.45, 2.75) is 25.8 Å². The van der Waals surface area contributed by atoms with Crippen LogP contribution in [0, 0.1) is 12.7 Å². The quantitative estimate of drug-likeness (QED) is 0.812. The zero-order chi connectivity index (χ0) is 11.7. The fourth-order valence-corrected chi connectivity index (χ4v) is 1.92. The van der Waals surface area contributed by atoms with Gasteiger partial charge in [0.2, 0.25) is 0 Å². The van der Waals surface area contributed by atoms with Crippen molar-refractivity contribution in [2.24, 2.45) is 0 Å². The summed E-state index contributed by atoms with van der Waals surface area (Å²) in [5, 5.41) is 9.00. The van der Waals surface area contributed by atoms with Crippen LogP contribution in [0.25, 0.3) is 0 Å². The lowest BCUT2D eigenvalue weighted by atomic mass is 10.2. The molecule has 1 N–H and O–H groups in total. The number of aromatic nitrogens is 2. The second-order valence-corrected chi connectivity index (χ2v) is 3.79. The molecule has 0 amide bonds. The summed E-state index contributed by atoms with van der Waals surface area (Å²) in [6.45, 7) is 2.05. The number of carboxylic acid groups (broad SMARTS) is 1. The monoisotopic (exact) mass is 225 g/mol. The number of nitrogens with zero attached hydrogens (tertiary/aromatic N) is 3. The van der Waals surface area contributed by atoms with Gasteiger partial charge in [-0.05, 0) is 19.8 Å². The average molecular weight is 225 g/mol. The summed E-state index contributed by atoms with van der Waals surface area (Å²) >= 11 is 0. The summed E-state index contributed by atoms with van der Waals surface area (Å²) in [5.41, 5.74) is 0.237. The third kappa shape index (κ3) is 1.70. The largest absolute Gasteiger partial charge is 0.480 e. The molecule has 0 spiro atoms. The first kappa shape index (κ1) is 10.8. The van der Waals surface area contributed by atoms with Crippen molar-refractivity contribution < 1.29 is 14.3 Å². The lowest BCUT2D eigenvalue weighted by Crippen LogP contribution is -2.37. The molecule has 86 valence electrons. The number of anilines is 1. The molecular weight excluding hydrogens is 213 g/mol. The van der Waals surface area contributed by atoms with Crippen LogP contribution in [0.15, 0.2) is 6.33 Å². The third-order valence-corrected chi connectivity index (χ3v) is 2.76. The van der Waals surface area contributed by atoms with Gasteiger partial charge in [-0.1, -0.05) is 0 Å². The van der Waals surface area contributed by atoms with Gasteiger partial charge in [-0.25, -0.2) is 19.2 Å². The molecule has 1 saturated heterocycles. The van der Waals surface area contributed by atoms with E-state index < -0.39 is 17.8 Å². The SMILES string of the molecule is Cc1ncnc(N2CCCC2C(=O)O)c1F. The van der Waals surface area contributed by atoms with Crippen molar-refractivity contribution in [2.75, 3.05) is 11.4 Å².